The van der Waals surface area contributed by atoms with Gasteiger partial charge in [0.05, 0.1) is 17.1 Å². The van der Waals surface area contributed by atoms with E-state index in [2.05, 4.69) is 0 Å². The van der Waals surface area contributed by atoms with E-state index in [4.69, 9.17) is 14.4 Å². The highest BCUT2D eigenvalue weighted by Gasteiger charge is 2.52. The summed E-state index contributed by atoms with van der Waals surface area (Å²) in [5, 5.41) is 9.09. The topological polar surface area (TPSA) is 55.8 Å². The number of hydrogen-bond acceptors (Lipinski definition) is 3. The Morgan fingerprint density at radius 3 is 2.21 bits per heavy atom. The number of aliphatic carboxylic acids is 1. The van der Waals surface area contributed by atoms with E-state index >= 15 is 0 Å². The number of rotatable bonds is 2. The SMILES string of the molecule is CC1=C(B2OC(C)(C)C(C)(C)O2)CCC(C(=O)O)C1. The minimum atomic E-state index is -0.702. The van der Waals surface area contributed by atoms with Gasteiger partial charge in [-0.1, -0.05) is 5.57 Å². The second kappa shape index (κ2) is 4.63. The van der Waals surface area contributed by atoms with Crippen molar-refractivity contribution < 1.29 is 19.2 Å². The van der Waals surface area contributed by atoms with Crippen LogP contribution >= 0.6 is 0 Å². The Hall–Kier alpha value is -0.805. The third kappa shape index (κ3) is 2.58. The number of carboxylic acid groups (broad SMARTS) is 1. The molecule has 1 saturated heterocycles. The zero-order chi connectivity index (χ0) is 14.4. The Bertz CT molecular complexity index is 409. The summed E-state index contributed by atoms with van der Waals surface area (Å²) in [6.45, 7) is 10.1. The van der Waals surface area contributed by atoms with Gasteiger partial charge in [-0.05, 0) is 59.4 Å². The van der Waals surface area contributed by atoms with Crippen molar-refractivity contribution in [3.8, 4) is 0 Å². The molecule has 0 spiro atoms. The van der Waals surface area contributed by atoms with Crippen LogP contribution in [0, 0.1) is 5.92 Å². The van der Waals surface area contributed by atoms with Crippen LogP contribution in [0.25, 0.3) is 0 Å². The van der Waals surface area contributed by atoms with Crippen LogP contribution in [0.15, 0.2) is 11.0 Å². The summed E-state index contributed by atoms with van der Waals surface area (Å²) >= 11 is 0. The predicted octanol–water partition coefficient (Wildman–Crippen LogP) is 2.82. The zero-order valence-electron chi connectivity index (χ0n) is 12.4. The Balaban J connectivity index is 2.17. The normalized spacial score (nSPS) is 29.7. The maximum atomic E-state index is 11.0. The molecule has 1 aliphatic carbocycles. The summed E-state index contributed by atoms with van der Waals surface area (Å²) in [5.74, 6) is -0.960. The van der Waals surface area contributed by atoms with Crippen LogP contribution in [-0.4, -0.2) is 29.4 Å². The minimum Gasteiger partial charge on any atom is -0.481 e. The van der Waals surface area contributed by atoms with Crippen LogP contribution in [0.3, 0.4) is 0 Å². The molecule has 19 heavy (non-hydrogen) atoms. The molecule has 0 radical (unpaired) electrons. The molecule has 1 aliphatic heterocycles. The van der Waals surface area contributed by atoms with Gasteiger partial charge in [0.1, 0.15) is 0 Å². The highest BCUT2D eigenvalue weighted by Crippen LogP contribution is 2.42. The van der Waals surface area contributed by atoms with Gasteiger partial charge in [0, 0.05) is 0 Å². The lowest BCUT2D eigenvalue weighted by Crippen LogP contribution is -2.41. The first-order valence-electron chi connectivity index (χ1n) is 6.91. The molecule has 0 amide bonds. The summed E-state index contributed by atoms with van der Waals surface area (Å²) in [4.78, 5) is 11.0. The lowest BCUT2D eigenvalue weighted by atomic mass is 9.67. The maximum Gasteiger partial charge on any atom is 0.490 e. The Kier molecular flexibility index (Phi) is 3.56. The van der Waals surface area contributed by atoms with Crippen LogP contribution in [0.1, 0.15) is 53.9 Å². The number of allylic oxidation sites excluding steroid dienone is 2. The molecule has 1 fully saturated rings. The molecule has 2 aliphatic rings. The Morgan fingerprint density at radius 2 is 1.79 bits per heavy atom. The fraction of sp³-hybridized carbons (Fsp3) is 0.786. The first-order valence-corrected chi connectivity index (χ1v) is 6.91. The molecular weight excluding hydrogens is 243 g/mol. The fourth-order valence-electron chi connectivity index (χ4n) is 2.66. The summed E-state index contributed by atoms with van der Waals surface area (Å²) in [5.41, 5.74) is 1.57. The molecule has 1 unspecified atom stereocenters. The number of carboxylic acids is 1. The van der Waals surface area contributed by atoms with E-state index in [-0.39, 0.29) is 24.2 Å². The van der Waals surface area contributed by atoms with Crippen LogP contribution in [0.4, 0.5) is 0 Å². The average Bonchev–Trinajstić information content (AvgIpc) is 2.47. The van der Waals surface area contributed by atoms with E-state index in [9.17, 15) is 4.79 Å². The van der Waals surface area contributed by atoms with Gasteiger partial charge < -0.3 is 14.4 Å². The van der Waals surface area contributed by atoms with Gasteiger partial charge in [-0.25, -0.2) is 0 Å². The van der Waals surface area contributed by atoms with Gasteiger partial charge in [0.15, 0.2) is 0 Å². The molecular formula is C14H23BO4. The largest absolute Gasteiger partial charge is 0.490 e. The molecule has 0 saturated carbocycles. The summed E-state index contributed by atoms with van der Waals surface area (Å²) < 4.78 is 12.1. The van der Waals surface area contributed by atoms with Gasteiger partial charge in [0.2, 0.25) is 0 Å². The third-order valence-corrected chi connectivity index (χ3v) is 4.75. The third-order valence-electron chi connectivity index (χ3n) is 4.75. The molecule has 2 rings (SSSR count). The van der Waals surface area contributed by atoms with Gasteiger partial charge in [-0.3, -0.25) is 4.79 Å². The first-order chi connectivity index (χ1) is 8.64. The standard InChI is InChI=1S/C14H23BO4/c1-9-8-10(12(16)17)6-7-11(9)15-18-13(2,3)14(4,5)19-15/h10H,6-8H2,1-5H3,(H,16,17). The summed E-state index contributed by atoms with van der Waals surface area (Å²) in [6, 6.07) is 0. The van der Waals surface area contributed by atoms with Gasteiger partial charge >= 0.3 is 13.1 Å². The van der Waals surface area contributed by atoms with Crippen molar-refractivity contribution in [1.82, 2.24) is 0 Å². The van der Waals surface area contributed by atoms with E-state index in [0.717, 1.165) is 17.5 Å². The highest BCUT2D eigenvalue weighted by molar-refractivity contribution is 6.54. The Morgan fingerprint density at radius 1 is 1.26 bits per heavy atom. The monoisotopic (exact) mass is 266 g/mol. The van der Waals surface area contributed by atoms with Crippen molar-refractivity contribution in [2.24, 2.45) is 5.92 Å². The summed E-state index contributed by atoms with van der Waals surface area (Å²) in [6.07, 6.45) is 2.03. The van der Waals surface area contributed by atoms with E-state index in [1.165, 1.54) is 0 Å². The van der Waals surface area contributed by atoms with Gasteiger partial charge in [-0.2, -0.15) is 0 Å². The van der Waals surface area contributed by atoms with E-state index in [1.54, 1.807) is 0 Å². The molecule has 0 aromatic rings. The van der Waals surface area contributed by atoms with Crippen molar-refractivity contribution in [2.75, 3.05) is 0 Å². The second-order valence-electron chi connectivity index (χ2n) is 6.67. The smallest absolute Gasteiger partial charge is 0.481 e. The molecule has 1 heterocycles. The van der Waals surface area contributed by atoms with Crippen LogP contribution < -0.4 is 0 Å². The molecule has 106 valence electrons. The van der Waals surface area contributed by atoms with Crippen molar-refractivity contribution in [3.05, 3.63) is 11.0 Å². The van der Waals surface area contributed by atoms with E-state index < -0.39 is 5.97 Å². The molecule has 0 aromatic carbocycles. The maximum absolute atomic E-state index is 11.0. The lowest BCUT2D eigenvalue weighted by Gasteiger charge is -2.32. The minimum absolute atomic E-state index is 0.258. The first kappa shape index (κ1) is 14.6. The van der Waals surface area contributed by atoms with Gasteiger partial charge in [-0.15, -0.1) is 0 Å². The van der Waals surface area contributed by atoms with Crippen molar-refractivity contribution in [1.29, 1.82) is 0 Å². The summed E-state index contributed by atoms with van der Waals surface area (Å²) in [7, 11) is -0.320. The van der Waals surface area contributed by atoms with Crippen LogP contribution in [0.5, 0.6) is 0 Å². The molecule has 0 aromatic heterocycles. The van der Waals surface area contributed by atoms with E-state index in [1.807, 2.05) is 34.6 Å². The second-order valence-corrected chi connectivity index (χ2v) is 6.67. The molecule has 0 bridgehead atoms. The van der Waals surface area contributed by atoms with Crippen molar-refractivity contribution in [2.45, 2.75) is 65.1 Å². The molecule has 1 atom stereocenters. The predicted molar refractivity (Wildman–Crippen MR) is 73.8 cm³/mol. The number of carbonyl (C=O) groups is 1. The van der Waals surface area contributed by atoms with Crippen molar-refractivity contribution in [3.63, 3.8) is 0 Å². The van der Waals surface area contributed by atoms with Gasteiger partial charge in [0.25, 0.3) is 0 Å². The van der Waals surface area contributed by atoms with Crippen LogP contribution in [-0.2, 0) is 14.1 Å². The zero-order valence-corrected chi connectivity index (χ0v) is 12.4. The van der Waals surface area contributed by atoms with E-state index in [0.29, 0.717) is 12.8 Å². The highest BCUT2D eigenvalue weighted by atomic mass is 16.7. The molecule has 1 N–H and O–H groups in total. The molecule has 5 heteroatoms. The average molecular weight is 266 g/mol. The number of hydrogen-bond donors (Lipinski definition) is 1. The Labute approximate surface area is 115 Å². The van der Waals surface area contributed by atoms with Crippen molar-refractivity contribution >= 4 is 13.1 Å². The lowest BCUT2D eigenvalue weighted by molar-refractivity contribution is -0.142. The fourth-order valence-corrected chi connectivity index (χ4v) is 2.66. The molecule has 4 nitrogen and oxygen atoms in total. The quantitative estimate of drug-likeness (QED) is 0.781. The van der Waals surface area contributed by atoms with Crippen LogP contribution in [0.2, 0.25) is 0 Å².